The molecule has 2 aromatic rings. The van der Waals surface area contributed by atoms with Gasteiger partial charge >= 0.3 is 0 Å². The molecule has 0 N–H and O–H groups in total. The molecule has 0 amide bonds. The molecule has 1 heterocycles. The quantitative estimate of drug-likeness (QED) is 0.566. The summed E-state index contributed by atoms with van der Waals surface area (Å²) >= 11 is 0. The molecule has 0 aliphatic carbocycles. The zero-order valence-corrected chi connectivity index (χ0v) is 16.3. The lowest BCUT2D eigenvalue weighted by Crippen LogP contribution is -2.39. The van der Waals surface area contributed by atoms with Crippen LogP contribution in [0.3, 0.4) is 0 Å². The minimum atomic E-state index is -3.79. The predicted molar refractivity (Wildman–Crippen MR) is 105 cm³/mol. The average molecular weight is 372 g/mol. The molecule has 0 saturated heterocycles. The lowest BCUT2D eigenvalue weighted by Gasteiger charge is -2.17. The molecule has 0 spiro atoms. The topological polar surface area (TPSA) is 61.8 Å². The van der Waals surface area contributed by atoms with Crippen molar-refractivity contribution in [3.63, 3.8) is 0 Å². The summed E-state index contributed by atoms with van der Waals surface area (Å²) in [5, 5.41) is 0. The Morgan fingerprint density at radius 1 is 1.08 bits per heavy atom. The second-order valence-electron chi connectivity index (χ2n) is 6.98. The van der Waals surface area contributed by atoms with E-state index in [1.165, 1.54) is 0 Å². The molecule has 8 heteroatoms. The molecule has 26 heavy (non-hydrogen) atoms. The molecule has 0 bridgehead atoms. The van der Waals surface area contributed by atoms with Gasteiger partial charge < -0.3 is 9.47 Å². The summed E-state index contributed by atoms with van der Waals surface area (Å²) in [4.78, 5) is 0.175. The van der Waals surface area contributed by atoms with Gasteiger partial charge in [-0.2, -0.15) is 8.42 Å². The molecule has 5 nitrogen and oxygen atoms in total. The monoisotopic (exact) mass is 372 g/mol. The zero-order chi connectivity index (χ0) is 18.9. The SMILES string of the molecule is BC1(B)Oc2ccc(C[C@@H](CC)OS(=O)(=O)c3ccc(C)cc3)cc2O1. The summed E-state index contributed by atoms with van der Waals surface area (Å²) in [7, 11) is -0.102. The fourth-order valence-corrected chi connectivity index (χ4v) is 3.99. The highest BCUT2D eigenvalue weighted by molar-refractivity contribution is 7.86. The van der Waals surface area contributed by atoms with Gasteiger partial charge in [-0.3, -0.25) is 4.18 Å². The van der Waals surface area contributed by atoms with Gasteiger partial charge in [0.2, 0.25) is 0 Å². The maximum Gasteiger partial charge on any atom is 0.297 e. The molecule has 0 radical (unpaired) electrons. The summed E-state index contributed by atoms with van der Waals surface area (Å²) < 4.78 is 41.9. The van der Waals surface area contributed by atoms with Gasteiger partial charge in [0.05, 0.1) is 11.0 Å². The second kappa shape index (κ2) is 7.00. The van der Waals surface area contributed by atoms with Crippen LogP contribution in [0, 0.1) is 6.92 Å². The smallest absolute Gasteiger partial charge is 0.297 e. The van der Waals surface area contributed by atoms with Crippen LogP contribution < -0.4 is 9.47 Å². The summed E-state index contributed by atoms with van der Waals surface area (Å²) in [6.45, 7) is 3.82. The Kier molecular flexibility index (Phi) is 5.08. The van der Waals surface area contributed by atoms with E-state index in [2.05, 4.69) is 0 Å². The molecular formula is C18H22B2O5S. The molecule has 1 aliphatic heterocycles. The van der Waals surface area contributed by atoms with Crippen LogP contribution in [0.25, 0.3) is 0 Å². The van der Waals surface area contributed by atoms with Crippen LogP contribution in [0.4, 0.5) is 0 Å². The number of hydrogen-bond donors (Lipinski definition) is 0. The van der Waals surface area contributed by atoms with Gasteiger partial charge in [0.25, 0.3) is 10.1 Å². The van der Waals surface area contributed by atoms with Gasteiger partial charge in [0.1, 0.15) is 0 Å². The first-order valence-corrected chi connectivity index (χ1v) is 10.1. The van der Waals surface area contributed by atoms with Gasteiger partial charge in [0, 0.05) is 6.42 Å². The summed E-state index contributed by atoms with van der Waals surface area (Å²) in [6, 6.07) is 12.3. The highest BCUT2D eigenvalue weighted by Gasteiger charge is 2.31. The Balaban J connectivity index is 1.73. The van der Waals surface area contributed by atoms with Gasteiger partial charge in [-0.15, -0.1) is 0 Å². The van der Waals surface area contributed by atoms with Crippen LogP contribution in [0.15, 0.2) is 47.4 Å². The second-order valence-corrected chi connectivity index (χ2v) is 8.55. The molecule has 2 aromatic carbocycles. The van der Waals surface area contributed by atoms with Crippen molar-refractivity contribution in [2.24, 2.45) is 0 Å². The number of fused-ring (bicyclic) bond motifs is 1. The average Bonchev–Trinajstić information content (AvgIpc) is 2.87. The lowest BCUT2D eigenvalue weighted by atomic mass is 9.76. The van der Waals surface area contributed by atoms with E-state index in [1.54, 1.807) is 24.3 Å². The molecule has 0 unspecified atom stereocenters. The normalized spacial score (nSPS) is 16.4. The Hall–Kier alpha value is -1.92. The van der Waals surface area contributed by atoms with E-state index in [-0.39, 0.29) is 4.90 Å². The van der Waals surface area contributed by atoms with E-state index in [1.807, 2.05) is 47.7 Å². The standard InChI is InChI=1S/C18H22B2O5S/c1-3-14(25-26(21,22)15-7-4-12(2)5-8-15)10-13-6-9-16-17(11-13)24-18(19,20)23-16/h4-9,11,14H,3,10,19-20H2,1-2H3/t14-/m1/s1. The molecule has 3 rings (SSSR count). The number of hydrogen-bond acceptors (Lipinski definition) is 5. The van der Waals surface area contributed by atoms with Crippen LogP contribution in [-0.4, -0.2) is 35.8 Å². The summed E-state index contributed by atoms with van der Waals surface area (Å²) in [6.07, 6.45) is 0.596. The van der Waals surface area contributed by atoms with Crippen molar-refractivity contribution in [2.45, 2.75) is 43.3 Å². The van der Waals surface area contributed by atoms with Crippen LogP contribution in [0.1, 0.15) is 24.5 Å². The van der Waals surface area contributed by atoms with Crippen molar-refractivity contribution < 1.29 is 22.1 Å². The molecular weight excluding hydrogens is 350 g/mol. The summed E-state index contributed by atoms with van der Waals surface area (Å²) in [5.74, 6) is 1.36. The predicted octanol–water partition coefficient (Wildman–Crippen LogP) is 1.37. The van der Waals surface area contributed by atoms with Crippen LogP contribution in [-0.2, 0) is 20.7 Å². The number of rotatable bonds is 6. The first-order valence-electron chi connectivity index (χ1n) is 8.69. The first-order chi connectivity index (χ1) is 12.2. The number of aryl methyl sites for hydroxylation is 1. The van der Waals surface area contributed by atoms with Crippen LogP contribution >= 0.6 is 0 Å². The van der Waals surface area contributed by atoms with Gasteiger partial charge in [0.15, 0.2) is 32.8 Å². The van der Waals surface area contributed by atoms with E-state index in [0.717, 1.165) is 11.1 Å². The molecule has 1 aliphatic rings. The minimum absolute atomic E-state index is 0.175. The molecule has 0 saturated carbocycles. The number of benzene rings is 2. The fourth-order valence-electron chi connectivity index (χ4n) is 2.84. The van der Waals surface area contributed by atoms with Crippen molar-refractivity contribution >= 4 is 25.8 Å². The van der Waals surface area contributed by atoms with E-state index in [0.29, 0.717) is 24.3 Å². The van der Waals surface area contributed by atoms with Crippen molar-refractivity contribution in [2.75, 3.05) is 0 Å². The van der Waals surface area contributed by atoms with E-state index < -0.39 is 21.8 Å². The van der Waals surface area contributed by atoms with Crippen molar-refractivity contribution in [3.8, 4) is 11.5 Å². The third kappa shape index (κ3) is 4.24. The van der Waals surface area contributed by atoms with E-state index in [9.17, 15) is 8.42 Å². The zero-order valence-electron chi connectivity index (χ0n) is 15.5. The van der Waals surface area contributed by atoms with Gasteiger partial charge in [-0.05, 0) is 43.2 Å². The van der Waals surface area contributed by atoms with Gasteiger partial charge in [-0.1, -0.05) is 30.7 Å². The Morgan fingerprint density at radius 3 is 2.38 bits per heavy atom. The van der Waals surface area contributed by atoms with Gasteiger partial charge in [-0.25, -0.2) is 0 Å². The largest absolute Gasteiger partial charge is 0.467 e. The Labute approximate surface area is 156 Å². The van der Waals surface area contributed by atoms with Crippen LogP contribution in [0.2, 0.25) is 0 Å². The van der Waals surface area contributed by atoms with Crippen molar-refractivity contribution in [3.05, 3.63) is 53.6 Å². The first kappa shape index (κ1) is 18.9. The van der Waals surface area contributed by atoms with Crippen molar-refractivity contribution in [1.82, 2.24) is 0 Å². The highest BCUT2D eigenvalue weighted by atomic mass is 32.2. The van der Waals surface area contributed by atoms with E-state index in [4.69, 9.17) is 13.7 Å². The molecule has 0 fully saturated rings. The molecule has 136 valence electrons. The number of ether oxygens (including phenoxy) is 2. The fraction of sp³-hybridized carbons (Fsp3) is 0.333. The Bertz CT molecular complexity index is 894. The third-order valence-electron chi connectivity index (χ3n) is 4.21. The van der Waals surface area contributed by atoms with Crippen LogP contribution in [0.5, 0.6) is 11.5 Å². The Morgan fingerprint density at radius 2 is 1.73 bits per heavy atom. The lowest BCUT2D eigenvalue weighted by molar-refractivity contribution is 0.0833. The maximum absolute atomic E-state index is 12.5. The maximum atomic E-state index is 12.5. The summed E-state index contributed by atoms with van der Waals surface area (Å²) in [5.41, 5.74) is 1.26. The third-order valence-corrected chi connectivity index (χ3v) is 5.59. The minimum Gasteiger partial charge on any atom is -0.467 e. The van der Waals surface area contributed by atoms with Crippen molar-refractivity contribution in [1.29, 1.82) is 0 Å². The highest BCUT2D eigenvalue weighted by Crippen LogP contribution is 2.38. The van der Waals surface area contributed by atoms with E-state index >= 15 is 0 Å². The molecule has 1 atom stereocenters. The molecule has 0 aromatic heterocycles.